The topological polar surface area (TPSA) is 90.0 Å². The van der Waals surface area contributed by atoms with Crippen LogP contribution in [-0.2, 0) is 9.84 Å². The summed E-state index contributed by atoms with van der Waals surface area (Å²) in [6.45, 7) is 2.01. The van der Waals surface area contributed by atoms with E-state index in [0.29, 0.717) is 36.9 Å². The van der Waals surface area contributed by atoms with Gasteiger partial charge in [-0.05, 0) is 12.1 Å². The van der Waals surface area contributed by atoms with Crippen LogP contribution in [0.3, 0.4) is 0 Å². The number of nitrogens with one attached hydrogen (secondary N) is 1. The highest BCUT2D eigenvalue weighted by Crippen LogP contribution is 2.22. The van der Waals surface area contributed by atoms with E-state index in [9.17, 15) is 18.3 Å². The lowest BCUT2D eigenvalue weighted by Crippen LogP contribution is -2.55. The third kappa shape index (κ3) is 3.83. The number of para-hydroxylation sites is 1. The summed E-state index contributed by atoms with van der Waals surface area (Å²) in [7, 11) is -3.17. The molecule has 2 saturated heterocycles. The molecule has 2 heterocycles. The molecule has 24 heavy (non-hydrogen) atoms. The Morgan fingerprint density at radius 1 is 1.17 bits per heavy atom. The van der Waals surface area contributed by atoms with E-state index in [4.69, 9.17) is 11.6 Å². The molecule has 0 aliphatic carbocycles. The van der Waals surface area contributed by atoms with Crippen molar-refractivity contribution in [1.29, 1.82) is 0 Å². The standard InChI is InChI=1S/C15H20ClN3O4S/c16-11-3-1-2-4-12(11)17-15(21)19-7-5-18(6-8-19)13-9-24(22,23)10-14(13)20/h1-4,13-14,20H,5-10H2,(H,17,21)/t13-,14+/m0/s1. The van der Waals surface area contributed by atoms with Gasteiger partial charge in [0.1, 0.15) is 0 Å². The van der Waals surface area contributed by atoms with Gasteiger partial charge in [0, 0.05) is 26.2 Å². The fraction of sp³-hybridized carbons (Fsp3) is 0.533. The van der Waals surface area contributed by atoms with Crippen molar-refractivity contribution >= 4 is 33.2 Å². The summed E-state index contributed by atoms with van der Waals surface area (Å²) in [5, 5.41) is 13.2. The zero-order chi connectivity index (χ0) is 17.3. The second kappa shape index (κ2) is 6.87. The smallest absolute Gasteiger partial charge is 0.321 e. The minimum absolute atomic E-state index is 0.0139. The fourth-order valence-electron chi connectivity index (χ4n) is 3.17. The van der Waals surface area contributed by atoms with Crippen molar-refractivity contribution < 1.29 is 18.3 Å². The predicted octanol–water partition coefficient (Wildman–Crippen LogP) is 0.647. The van der Waals surface area contributed by atoms with E-state index >= 15 is 0 Å². The average molecular weight is 374 g/mol. The zero-order valence-corrected chi connectivity index (χ0v) is 14.6. The number of sulfone groups is 1. The average Bonchev–Trinajstić information content (AvgIpc) is 2.82. The number of hydrogen-bond donors (Lipinski definition) is 2. The molecule has 2 aliphatic heterocycles. The molecule has 1 aromatic carbocycles. The molecule has 2 fully saturated rings. The first kappa shape index (κ1) is 17.5. The number of urea groups is 1. The van der Waals surface area contributed by atoms with Crippen molar-refractivity contribution in [3.05, 3.63) is 29.3 Å². The van der Waals surface area contributed by atoms with E-state index in [0.717, 1.165) is 0 Å². The van der Waals surface area contributed by atoms with Crippen LogP contribution in [0.1, 0.15) is 0 Å². The van der Waals surface area contributed by atoms with Crippen molar-refractivity contribution in [2.75, 3.05) is 43.0 Å². The number of anilines is 1. The number of benzene rings is 1. The number of hydrogen-bond acceptors (Lipinski definition) is 5. The predicted molar refractivity (Wildman–Crippen MR) is 92.1 cm³/mol. The second-order valence-corrected chi connectivity index (χ2v) is 8.71. The van der Waals surface area contributed by atoms with Crippen LogP contribution in [0, 0.1) is 0 Å². The molecule has 0 saturated carbocycles. The Labute approximate surface area is 146 Å². The maximum atomic E-state index is 12.3. The minimum Gasteiger partial charge on any atom is -0.390 e. The van der Waals surface area contributed by atoms with Crippen LogP contribution < -0.4 is 5.32 Å². The number of piperazine rings is 1. The van der Waals surface area contributed by atoms with Gasteiger partial charge in [-0.25, -0.2) is 13.2 Å². The first-order valence-corrected chi connectivity index (χ1v) is 9.99. The molecule has 0 bridgehead atoms. The maximum Gasteiger partial charge on any atom is 0.321 e. The fourth-order valence-corrected chi connectivity index (χ4v) is 5.19. The number of halogens is 1. The number of aliphatic hydroxyl groups is 1. The highest BCUT2D eigenvalue weighted by atomic mass is 35.5. The van der Waals surface area contributed by atoms with Crippen molar-refractivity contribution in [3.8, 4) is 0 Å². The van der Waals surface area contributed by atoms with Gasteiger partial charge in [-0.1, -0.05) is 23.7 Å². The Hall–Kier alpha value is -1.35. The highest BCUT2D eigenvalue weighted by molar-refractivity contribution is 7.91. The number of aliphatic hydroxyl groups excluding tert-OH is 1. The van der Waals surface area contributed by atoms with Crippen LogP contribution in [0.15, 0.2) is 24.3 Å². The molecule has 0 spiro atoms. The van der Waals surface area contributed by atoms with Gasteiger partial charge in [0.15, 0.2) is 9.84 Å². The van der Waals surface area contributed by atoms with Crippen LogP contribution >= 0.6 is 11.6 Å². The SMILES string of the molecule is O=C(Nc1ccccc1Cl)N1CCN([C@H]2CS(=O)(=O)C[C@H]2O)CC1. The van der Waals surface area contributed by atoms with Crippen molar-refractivity contribution in [2.45, 2.75) is 12.1 Å². The first-order chi connectivity index (χ1) is 11.4. The van der Waals surface area contributed by atoms with E-state index in [2.05, 4.69) is 5.32 Å². The molecule has 2 atom stereocenters. The molecule has 9 heteroatoms. The van der Waals surface area contributed by atoms with Crippen LogP contribution in [-0.4, -0.2) is 79.2 Å². The Bertz CT molecular complexity index is 719. The van der Waals surface area contributed by atoms with E-state index in [1.165, 1.54) is 0 Å². The number of carbonyl (C=O) groups excluding carboxylic acids is 1. The van der Waals surface area contributed by atoms with E-state index in [1.54, 1.807) is 29.2 Å². The van der Waals surface area contributed by atoms with Crippen molar-refractivity contribution in [3.63, 3.8) is 0 Å². The molecule has 3 rings (SSSR count). The number of amides is 2. The second-order valence-electron chi connectivity index (χ2n) is 6.14. The Morgan fingerprint density at radius 2 is 1.83 bits per heavy atom. The summed E-state index contributed by atoms with van der Waals surface area (Å²) >= 11 is 6.03. The van der Waals surface area contributed by atoms with Gasteiger partial charge in [0.05, 0.1) is 34.4 Å². The van der Waals surface area contributed by atoms with Crippen molar-refractivity contribution in [2.24, 2.45) is 0 Å². The summed E-state index contributed by atoms with van der Waals surface area (Å²) < 4.78 is 23.3. The van der Waals surface area contributed by atoms with Gasteiger partial charge in [0.2, 0.25) is 0 Å². The molecule has 0 aromatic heterocycles. The van der Waals surface area contributed by atoms with Gasteiger partial charge in [-0.15, -0.1) is 0 Å². The Kier molecular flexibility index (Phi) is 5.00. The minimum atomic E-state index is -3.17. The van der Waals surface area contributed by atoms with Crippen LogP contribution in [0.4, 0.5) is 10.5 Å². The van der Waals surface area contributed by atoms with E-state index < -0.39 is 15.9 Å². The monoisotopic (exact) mass is 373 g/mol. The summed E-state index contributed by atoms with van der Waals surface area (Å²) in [5.41, 5.74) is 0.559. The summed E-state index contributed by atoms with van der Waals surface area (Å²) in [6.07, 6.45) is -0.849. The zero-order valence-electron chi connectivity index (χ0n) is 13.1. The largest absolute Gasteiger partial charge is 0.390 e. The van der Waals surface area contributed by atoms with Gasteiger partial charge in [-0.2, -0.15) is 0 Å². The molecule has 2 aliphatic rings. The van der Waals surface area contributed by atoms with Gasteiger partial charge < -0.3 is 15.3 Å². The Balaban J connectivity index is 1.55. The molecule has 7 nitrogen and oxygen atoms in total. The van der Waals surface area contributed by atoms with E-state index in [-0.39, 0.29) is 23.6 Å². The van der Waals surface area contributed by atoms with Crippen LogP contribution in [0.2, 0.25) is 5.02 Å². The lowest BCUT2D eigenvalue weighted by atomic mass is 10.1. The molecule has 2 N–H and O–H groups in total. The number of carbonyl (C=O) groups is 1. The first-order valence-electron chi connectivity index (χ1n) is 7.79. The van der Waals surface area contributed by atoms with Gasteiger partial charge in [-0.3, -0.25) is 4.90 Å². The summed E-state index contributed by atoms with van der Waals surface area (Å²) in [4.78, 5) is 15.9. The maximum absolute atomic E-state index is 12.3. The summed E-state index contributed by atoms with van der Waals surface area (Å²) in [6, 6.07) is 6.41. The third-order valence-corrected chi connectivity index (χ3v) is 6.51. The normalized spacial score (nSPS) is 27.2. The lowest BCUT2D eigenvalue weighted by Gasteiger charge is -2.38. The van der Waals surface area contributed by atoms with Crippen LogP contribution in [0.5, 0.6) is 0 Å². The molecular weight excluding hydrogens is 354 g/mol. The highest BCUT2D eigenvalue weighted by Gasteiger charge is 2.41. The lowest BCUT2D eigenvalue weighted by molar-refractivity contribution is 0.0545. The van der Waals surface area contributed by atoms with Crippen molar-refractivity contribution in [1.82, 2.24) is 9.80 Å². The molecular formula is C15H20ClN3O4S. The van der Waals surface area contributed by atoms with Gasteiger partial charge >= 0.3 is 6.03 Å². The summed E-state index contributed by atoms with van der Waals surface area (Å²) in [5.74, 6) is -0.190. The molecule has 2 amide bonds. The molecule has 132 valence electrons. The number of rotatable bonds is 2. The molecule has 1 aromatic rings. The molecule has 0 unspecified atom stereocenters. The molecule has 0 radical (unpaired) electrons. The third-order valence-electron chi connectivity index (χ3n) is 4.48. The quantitative estimate of drug-likeness (QED) is 0.794. The number of nitrogens with zero attached hydrogens (tertiary/aromatic N) is 2. The van der Waals surface area contributed by atoms with Gasteiger partial charge in [0.25, 0.3) is 0 Å². The van der Waals surface area contributed by atoms with E-state index in [1.807, 2.05) is 4.90 Å². The van der Waals surface area contributed by atoms with Crippen LogP contribution in [0.25, 0.3) is 0 Å². The Morgan fingerprint density at radius 3 is 2.42 bits per heavy atom.